The highest BCUT2D eigenvalue weighted by Crippen LogP contribution is 2.48. The van der Waals surface area contributed by atoms with Crippen molar-refractivity contribution in [1.82, 2.24) is 5.01 Å². The van der Waals surface area contributed by atoms with Gasteiger partial charge in [0.05, 0.1) is 18.9 Å². The molecule has 0 saturated heterocycles. The van der Waals surface area contributed by atoms with Crippen LogP contribution in [0.4, 0.5) is 0 Å². The molecule has 0 spiro atoms. The normalized spacial score (nSPS) is 19.7. The van der Waals surface area contributed by atoms with Gasteiger partial charge in [0.1, 0.15) is 11.5 Å². The second-order valence-corrected chi connectivity index (χ2v) is 8.21. The minimum Gasteiger partial charge on any atom is -0.497 e. The van der Waals surface area contributed by atoms with Crippen molar-refractivity contribution in [2.24, 2.45) is 5.10 Å². The van der Waals surface area contributed by atoms with Crippen molar-refractivity contribution >= 4 is 5.71 Å². The summed E-state index contributed by atoms with van der Waals surface area (Å²) < 4.78 is 12.0. The molecule has 2 atom stereocenters. The monoisotopic (exact) mass is 398 g/mol. The molecular formula is C26H26N2O2. The Bertz CT molecular complexity index is 1070. The number of benzene rings is 3. The first-order valence-corrected chi connectivity index (χ1v) is 10.5. The molecule has 4 nitrogen and oxygen atoms in total. The molecule has 2 aliphatic rings. The summed E-state index contributed by atoms with van der Waals surface area (Å²) in [5.74, 6) is 2.24. The summed E-state index contributed by atoms with van der Waals surface area (Å²) in [5, 5.41) is 7.15. The molecule has 3 aromatic carbocycles. The molecule has 0 fully saturated rings. The Morgan fingerprint density at radius 1 is 1.00 bits per heavy atom. The Balaban J connectivity index is 1.57. The van der Waals surface area contributed by atoms with Gasteiger partial charge in [0.25, 0.3) is 0 Å². The third-order valence-corrected chi connectivity index (χ3v) is 5.99. The van der Waals surface area contributed by atoms with Crippen LogP contribution in [0.1, 0.15) is 60.7 Å². The first-order chi connectivity index (χ1) is 14.6. The number of hydrazone groups is 1. The van der Waals surface area contributed by atoms with Crippen molar-refractivity contribution in [2.75, 3.05) is 7.11 Å². The van der Waals surface area contributed by atoms with E-state index < -0.39 is 0 Å². The zero-order chi connectivity index (χ0) is 20.7. The lowest BCUT2D eigenvalue weighted by molar-refractivity contribution is -0.0191. The Morgan fingerprint density at radius 3 is 2.47 bits per heavy atom. The highest BCUT2D eigenvalue weighted by Gasteiger charge is 2.41. The van der Waals surface area contributed by atoms with Crippen molar-refractivity contribution in [3.63, 3.8) is 0 Å². The number of nitrogens with zero attached hydrogens (tertiary/aromatic N) is 2. The van der Waals surface area contributed by atoms with E-state index in [2.05, 4.69) is 73.5 Å². The fourth-order valence-corrected chi connectivity index (χ4v) is 4.26. The first kappa shape index (κ1) is 18.7. The summed E-state index contributed by atoms with van der Waals surface area (Å²) in [6.45, 7) is 4.42. The highest BCUT2D eigenvalue weighted by atomic mass is 16.5. The van der Waals surface area contributed by atoms with Crippen LogP contribution in [0, 0.1) is 0 Å². The summed E-state index contributed by atoms with van der Waals surface area (Å²) in [6.07, 6.45) is 0.590. The van der Waals surface area contributed by atoms with Crippen molar-refractivity contribution in [2.45, 2.75) is 38.5 Å². The molecule has 0 aliphatic carbocycles. The predicted molar refractivity (Wildman–Crippen MR) is 119 cm³/mol. The van der Waals surface area contributed by atoms with E-state index >= 15 is 0 Å². The second-order valence-electron chi connectivity index (χ2n) is 8.21. The van der Waals surface area contributed by atoms with E-state index in [4.69, 9.17) is 14.6 Å². The number of methoxy groups -OCH3 is 1. The molecule has 0 unspecified atom stereocenters. The highest BCUT2D eigenvalue weighted by molar-refractivity contribution is 6.01. The van der Waals surface area contributed by atoms with Crippen LogP contribution >= 0.6 is 0 Å². The van der Waals surface area contributed by atoms with E-state index in [0.717, 1.165) is 40.3 Å². The number of ether oxygens (including phenoxy) is 2. The van der Waals surface area contributed by atoms with Crippen LogP contribution in [-0.2, 0) is 0 Å². The largest absolute Gasteiger partial charge is 0.497 e. The maximum Gasteiger partial charge on any atom is 0.213 e. The SMILES string of the molecule is COc1ccc2c(c1)[C@@H]1CC(c3ccccc3)=NN1[C@H](c1ccc(C(C)C)cc1)O2. The van der Waals surface area contributed by atoms with Crippen LogP contribution in [0.2, 0.25) is 0 Å². The van der Waals surface area contributed by atoms with E-state index in [1.807, 2.05) is 18.2 Å². The van der Waals surface area contributed by atoms with Crippen LogP contribution < -0.4 is 9.47 Å². The Hall–Kier alpha value is -3.27. The van der Waals surface area contributed by atoms with Gasteiger partial charge in [0.2, 0.25) is 6.23 Å². The van der Waals surface area contributed by atoms with E-state index in [1.165, 1.54) is 5.56 Å². The Labute approximate surface area is 177 Å². The fourth-order valence-electron chi connectivity index (χ4n) is 4.26. The van der Waals surface area contributed by atoms with Gasteiger partial charge in [-0.05, 0) is 35.2 Å². The van der Waals surface area contributed by atoms with Crippen LogP contribution in [0.3, 0.4) is 0 Å². The maximum atomic E-state index is 6.48. The molecule has 152 valence electrons. The average molecular weight is 399 g/mol. The van der Waals surface area contributed by atoms with Gasteiger partial charge in [-0.15, -0.1) is 0 Å². The molecule has 3 aromatic rings. The molecular weight excluding hydrogens is 372 g/mol. The molecule has 30 heavy (non-hydrogen) atoms. The number of fused-ring (bicyclic) bond motifs is 3. The molecule has 4 heteroatoms. The lowest BCUT2D eigenvalue weighted by atomic mass is 9.95. The summed E-state index contributed by atoms with van der Waals surface area (Å²) in [7, 11) is 1.70. The summed E-state index contributed by atoms with van der Waals surface area (Å²) in [6, 6.07) is 25.3. The summed E-state index contributed by atoms with van der Waals surface area (Å²) >= 11 is 0. The van der Waals surface area contributed by atoms with Gasteiger partial charge in [-0.1, -0.05) is 68.4 Å². The van der Waals surface area contributed by atoms with E-state index in [0.29, 0.717) is 5.92 Å². The average Bonchev–Trinajstić information content (AvgIpc) is 3.25. The topological polar surface area (TPSA) is 34.1 Å². The van der Waals surface area contributed by atoms with Crippen LogP contribution in [0.15, 0.2) is 77.9 Å². The Morgan fingerprint density at radius 2 is 1.77 bits per heavy atom. The molecule has 0 N–H and O–H groups in total. The summed E-state index contributed by atoms with van der Waals surface area (Å²) in [4.78, 5) is 0. The molecule has 0 aromatic heterocycles. The van der Waals surface area contributed by atoms with Gasteiger partial charge in [-0.25, -0.2) is 5.01 Å². The minimum atomic E-state index is -0.252. The molecule has 2 heterocycles. The van der Waals surface area contributed by atoms with Crippen molar-refractivity contribution in [1.29, 1.82) is 0 Å². The lowest BCUT2D eigenvalue weighted by Crippen LogP contribution is -2.33. The number of hydrogen-bond acceptors (Lipinski definition) is 4. The van der Waals surface area contributed by atoms with Gasteiger partial charge in [-0.2, -0.15) is 5.10 Å². The van der Waals surface area contributed by atoms with Gasteiger partial charge in [-0.3, -0.25) is 0 Å². The second kappa shape index (κ2) is 7.52. The minimum absolute atomic E-state index is 0.119. The van der Waals surface area contributed by atoms with Crippen molar-refractivity contribution in [3.05, 3.63) is 95.1 Å². The predicted octanol–water partition coefficient (Wildman–Crippen LogP) is 6.06. The zero-order valence-electron chi connectivity index (χ0n) is 17.6. The lowest BCUT2D eigenvalue weighted by Gasteiger charge is -2.38. The van der Waals surface area contributed by atoms with Gasteiger partial charge >= 0.3 is 0 Å². The van der Waals surface area contributed by atoms with E-state index in [9.17, 15) is 0 Å². The van der Waals surface area contributed by atoms with Gasteiger partial charge in [0, 0.05) is 17.5 Å². The molecule has 0 saturated carbocycles. The van der Waals surface area contributed by atoms with E-state index in [1.54, 1.807) is 7.11 Å². The third kappa shape index (κ3) is 3.22. The smallest absolute Gasteiger partial charge is 0.213 e. The third-order valence-electron chi connectivity index (χ3n) is 5.99. The molecule has 2 aliphatic heterocycles. The van der Waals surface area contributed by atoms with E-state index in [-0.39, 0.29) is 12.3 Å². The summed E-state index contributed by atoms with van der Waals surface area (Å²) in [5.41, 5.74) is 5.81. The van der Waals surface area contributed by atoms with Gasteiger partial charge in [0.15, 0.2) is 0 Å². The maximum absolute atomic E-state index is 6.48. The number of rotatable bonds is 4. The molecule has 0 radical (unpaired) electrons. The van der Waals surface area contributed by atoms with Gasteiger partial charge < -0.3 is 9.47 Å². The molecule has 0 amide bonds. The number of hydrogen-bond donors (Lipinski definition) is 0. The fraction of sp³-hybridized carbons (Fsp3) is 0.269. The standard InChI is InChI=1S/C26H26N2O2/c1-17(2)18-9-11-20(12-10-18)26-28-24(16-23(27-28)19-7-5-4-6-8-19)22-15-21(29-3)13-14-25(22)30-26/h4-15,17,24,26H,16H2,1-3H3/t24-,26-/m0/s1. The van der Waals surface area contributed by atoms with Crippen LogP contribution in [0.25, 0.3) is 0 Å². The molecule has 5 rings (SSSR count). The van der Waals surface area contributed by atoms with Crippen molar-refractivity contribution < 1.29 is 9.47 Å². The molecule has 0 bridgehead atoms. The Kier molecular flexibility index (Phi) is 4.70. The first-order valence-electron chi connectivity index (χ1n) is 10.5. The van der Waals surface area contributed by atoms with Crippen molar-refractivity contribution in [3.8, 4) is 11.5 Å². The zero-order valence-corrected chi connectivity index (χ0v) is 17.6. The van der Waals surface area contributed by atoms with Crippen LogP contribution in [0.5, 0.6) is 11.5 Å². The van der Waals surface area contributed by atoms with Crippen LogP contribution in [-0.4, -0.2) is 17.8 Å². The quantitative estimate of drug-likeness (QED) is 0.536.